The molecule has 1 N–H and O–H groups in total. The summed E-state index contributed by atoms with van der Waals surface area (Å²) in [6, 6.07) is 20.8. The summed E-state index contributed by atoms with van der Waals surface area (Å²) < 4.78 is 0. The van der Waals surface area contributed by atoms with Gasteiger partial charge in [0, 0.05) is 32.7 Å². The molecular weight excluding hydrogens is 381 g/mol. The normalized spacial score (nSPS) is 14.0. The predicted octanol–water partition coefficient (Wildman–Crippen LogP) is 3.35. The fraction of sp³-hybridized carbons (Fsp3) is 0.381. The van der Waals surface area contributed by atoms with Crippen molar-refractivity contribution in [3.05, 3.63) is 71.8 Å². The molecule has 1 amide bonds. The van der Waals surface area contributed by atoms with Gasteiger partial charge in [-0.15, -0.1) is 24.8 Å². The second-order valence-corrected chi connectivity index (χ2v) is 6.60. The zero-order valence-electron chi connectivity index (χ0n) is 15.5. The van der Waals surface area contributed by atoms with Crippen molar-refractivity contribution in [3.63, 3.8) is 0 Å². The van der Waals surface area contributed by atoms with Crippen molar-refractivity contribution in [1.29, 1.82) is 0 Å². The Morgan fingerprint density at radius 3 is 1.96 bits per heavy atom. The third kappa shape index (κ3) is 7.89. The van der Waals surface area contributed by atoms with Crippen LogP contribution < -0.4 is 5.32 Å². The van der Waals surface area contributed by atoms with Crippen molar-refractivity contribution in [2.45, 2.75) is 19.5 Å². The average Bonchev–Trinajstić information content (AvgIpc) is 2.93. The van der Waals surface area contributed by atoms with Crippen LogP contribution in [0.2, 0.25) is 0 Å². The number of nitrogens with one attached hydrogen (secondary N) is 1. The van der Waals surface area contributed by atoms with Crippen molar-refractivity contribution in [2.24, 2.45) is 0 Å². The molecule has 0 spiro atoms. The molecule has 6 heteroatoms. The fourth-order valence-corrected chi connectivity index (χ4v) is 3.24. The van der Waals surface area contributed by atoms with Gasteiger partial charge in [0.05, 0.1) is 6.54 Å². The van der Waals surface area contributed by atoms with Crippen molar-refractivity contribution >= 4 is 30.7 Å². The molecule has 0 radical (unpaired) electrons. The molecule has 1 saturated heterocycles. The van der Waals surface area contributed by atoms with E-state index in [1.807, 2.05) is 17.0 Å². The van der Waals surface area contributed by atoms with Crippen LogP contribution in [0.15, 0.2) is 60.7 Å². The summed E-state index contributed by atoms with van der Waals surface area (Å²) in [5.74, 6) is 0.232. The molecule has 1 fully saturated rings. The smallest absolute Gasteiger partial charge is 0.236 e. The molecule has 27 heavy (non-hydrogen) atoms. The van der Waals surface area contributed by atoms with Gasteiger partial charge in [0.1, 0.15) is 0 Å². The Morgan fingerprint density at radius 1 is 0.852 bits per heavy atom. The number of rotatable bonds is 6. The highest BCUT2D eigenvalue weighted by molar-refractivity contribution is 5.85. The molecule has 0 unspecified atom stereocenters. The van der Waals surface area contributed by atoms with E-state index in [0.717, 1.165) is 45.7 Å². The summed E-state index contributed by atoms with van der Waals surface area (Å²) >= 11 is 0. The van der Waals surface area contributed by atoms with Crippen LogP contribution in [-0.4, -0.2) is 48.4 Å². The Kier molecular flexibility index (Phi) is 11.1. The van der Waals surface area contributed by atoms with Gasteiger partial charge in [0.15, 0.2) is 0 Å². The number of carbonyl (C=O) groups excluding carboxylic acids is 1. The SMILES string of the molecule is Cl.Cl.O=C(CN(Cc1ccccc1)Cc1ccccc1)N1CCCNCC1. The van der Waals surface area contributed by atoms with Gasteiger partial charge in [-0.25, -0.2) is 0 Å². The Labute approximate surface area is 174 Å². The van der Waals surface area contributed by atoms with Crippen LogP contribution in [0.5, 0.6) is 0 Å². The van der Waals surface area contributed by atoms with Crippen LogP contribution in [-0.2, 0) is 17.9 Å². The van der Waals surface area contributed by atoms with Gasteiger partial charge in [0.2, 0.25) is 5.91 Å². The first kappa shape index (κ1) is 23.4. The maximum atomic E-state index is 12.8. The van der Waals surface area contributed by atoms with Gasteiger partial charge >= 0.3 is 0 Å². The Hall–Kier alpha value is -1.59. The Morgan fingerprint density at radius 2 is 1.41 bits per heavy atom. The molecule has 0 aromatic heterocycles. The molecule has 1 heterocycles. The molecule has 1 aliphatic heterocycles. The van der Waals surface area contributed by atoms with Crippen LogP contribution in [0.25, 0.3) is 0 Å². The first-order chi connectivity index (χ1) is 12.3. The van der Waals surface area contributed by atoms with Gasteiger partial charge in [-0.05, 0) is 24.1 Å². The molecule has 0 bridgehead atoms. The summed E-state index contributed by atoms with van der Waals surface area (Å²) in [7, 11) is 0. The lowest BCUT2D eigenvalue weighted by Gasteiger charge is -2.26. The minimum atomic E-state index is 0. The third-order valence-corrected chi connectivity index (χ3v) is 4.55. The van der Waals surface area contributed by atoms with E-state index >= 15 is 0 Å². The molecular formula is C21H29Cl2N3O. The standard InChI is InChI=1S/C21H27N3O.2ClH/c25-21(24-14-7-12-22-13-15-24)18-23(16-19-8-3-1-4-9-19)17-20-10-5-2-6-11-20;;/h1-6,8-11,22H,7,12-18H2;2*1H. The molecule has 2 aromatic carbocycles. The minimum absolute atomic E-state index is 0. The molecule has 3 rings (SSSR count). The largest absolute Gasteiger partial charge is 0.340 e. The topological polar surface area (TPSA) is 35.6 Å². The molecule has 0 atom stereocenters. The van der Waals surface area contributed by atoms with Gasteiger partial charge in [-0.3, -0.25) is 9.69 Å². The Balaban J connectivity index is 0.00000182. The van der Waals surface area contributed by atoms with Crippen LogP contribution >= 0.6 is 24.8 Å². The lowest BCUT2D eigenvalue weighted by Crippen LogP contribution is -2.41. The van der Waals surface area contributed by atoms with Gasteiger partial charge < -0.3 is 10.2 Å². The molecule has 1 aliphatic rings. The lowest BCUT2D eigenvalue weighted by molar-refractivity contribution is -0.132. The van der Waals surface area contributed by atoms with Crippen molar-refractivity contribution in [2.75, 3.05) is 32.7 Å². The van der Waals surface area contributed by atoms with Crippen LogP contribution in [0, 0.1) is 0 Å². The van der Waals surface area contributed by atoms with E-state index in [1.54, 1.807) is 0 Å². The van der Waals surface area contributed by atoms with E-state index in [2.05, 4.69) is 58.7 Å². The molecule has 2 aromatic rings. The van der Waals surface area contributed by atoms with E-state index in [9.17, 15) is 4.79 Å². The summed E-state index contributed by atoms with van der Waals surface area (Å²) in [5, 5.41) is 3.36. The molecule has 0 aliphatic carbocycles. The number of benzene rings is 2. The zero-order valence-corrected chi connectivity index (χ0v) is 17.2. The second kappa shape index (κ2) is 12.7. The highest BCUT2D eigenvalue weighted by atomic mass is 35.5. The van der Waals surface area contributed by atoms with Gasteiger partial charge in [-0.1, -0.05) is 60.7 Å². The van der Waals surface area contributed by atoms with E-state index in [4.69, 9.17) is 0 Å². The first-order valence-electron chi connectivity index (χ1n) is 9.10. The molecule has 4 nitrogen and oxygen atoms in total. The lowest BCUT2D eigenvalue weighted by atomic mass is 10.1. The number of halogens is 2. The van der Waals surface area contributed by atoms with Crippen LogP contribution in [0.3, 0.4) is 0 Å². The summed E-state index contributed by atoms with van der Waals surface area (Å²) in [4.78, 5) is 17.0. The first-order valence-corrected chi connectivity index (χ1v) is 9.10. The van der Waals surface area contributed by atoms with Crippen molar-refractivity contribution in [1.82, 2.24) is 15.1 Å². The maximum Gasteiger partial charge on any atom is 0.236 e. The van der Waals surface area contributed by atoms with Crippen LogP contribution in [0.1, 0.15) is 17.5 Å². The number of hydrogen-bond donors (Lipinski definition) is 1. The summed E-state index contributed by atoms with van der Waals surface area (Å²) in [6.07, 6.45) is 1.03. The number of hydrogen-bond acceptors (Lipinski definition) is 3. The number of nitrogens with zero attached hydrogens (tertiary/aromatic N) is 2. The maximum absolute atomic E-state index is 12.8. The van der Waals surface area contributed by atoms with E-state index < -0.39 is 0 Å². The van der Waals surface area contributed by atoms with Crippen molar-refractivity contribution < 1.29 is 4.79 Å². The van der Waals surface area contributed by atoms with Gasteiger partial charge in [-0.2, -0.15) is 0 Å². The number of amides is 1. The van der Waals surface area contributed by atoms with Gasteiger partial charge in [0.25, 0.3) is 0 Å². The zero-order chi connectivity index (χ0) is 17.3. The summed E-state index contributed by atoms with van der Waals surface area (Å²) in [5.41, 5.74) is 2.48. The highest BCUT2D eigenvalue weighted by Crippen LogP contribution is 2.11. The number of carbonyl (C=O) groups is 1. The molecule has 148 valence electrons. The third-order valence-electron chi connectivity index (χ3n) is 4.55. The van der Waals surface area contributed by atoms with E-state index in [0.29, 0.717) is 6.54 Å². The fourth-order valence-electron chi connectivity index (χ4n) is 3.24. The Bertz CT molecular complexity index is 605. The minimum Gasteiger partial charge on any atom is -0.340 e. The van der Waals surface area contributed by atoms with E-state index in [1.165, 1.54) is 11.1 Å². The highest BCUT2D eigenvalue weighted by Gasteiger charge is 2.19. The monoisotopic (exact) mass is 409 g/mol. The van der Waals surface area contributed by atoms with Crippen LogP contribution in [0.4, 0.5) is 0 Å². The average molecular weight is 410 g/mol. The van der Waals surface area contributed by atoms with Crippen molar-refractivity contribution in [3.8, 4) is 0 Å². The van der Waals surface area contributed by atoms with E-state index in [-0.39, 0.29) is 30.7 Å². The summed E-state index contributed by atoms with van der Waals surface area (Å²) in [6.45, 7) is 5.59. The molecule has 0 saturated carbocycles. The quantitative estimate of drug-likeness (QED) is 0.794. The second-order valence-electron chi connectivity index (χ2n) is 6.60. The predicted molar refractivity (Wildman–Crippen MR) is 116 cm³/mol.